The number of benzene rings is 1. The van der Waals surface area contributed by atoms with E-state index in [2.05, 4.69) is 47.4 Å². The Kier molecular flexibility index (Phi) is 5.99. The quantitative estimate of drug-likeness (QED) is 0.788. The maximum atomic E-state index is 12.5. The van der Waals surface area contributed by atoms with Crippen LogP contribution in [0.2, 0.25) is 0 Å². The fourth-order valence-corrected chi connectivity index (χ4v) is 4.40. The second-order valence-electron chi connectivity index (χ2n) is 9.04. The van der Waals surface area contributed by atoms with Gasteiger partial charge in [0.05, 0.1) is 25.5 Å². The molecule has 0 spiro atoms. The fourth-order valence-electron chi connectivity index (χ4n) is 4.40. The summed E-state index contributed by atoms with van der Waals surface area (Å²) in [6.45, 7) is 7.73. The van der Waals surface area contributed by atoms with Crippen molar-refractivity contribution in [3.05, 3.63) is 47.9 Å². The molecule has 1 aliphatic heterocycles. The van der Waals surface area contributed by atoms with Crippen molar-refractivity contribution in [2.45, 2.75) is 39.3 Å². The van der Waals surface area contributed by atoms with Gasteiger partial charge in [-0.3, -0.25) is 0 Å². The van der Waals surface area contributed by atoms with Crippen LogP contribution in [0.25, 0.3) is 0 Å². The molecule has 30 heavy (non-hydrogen) atoms. The van der Waals surface area contributed by atoms with Crippen molar-refractivity contribution < 1.29 is 14.1 Å². The molecule has 1 aromatic carbocycles. The van der Waals surface area contributed by atoms with Gasteiger partial charge in [0, 0.05) is 37.9 Å². The number of para-hydroxylation sites is 1. The Labute approximate surface area is 178 Å². The number of carbonyl (C=O) groups excluding carboxylic acids is 1. The van der Waals surface area contributed by atoms with Crippen LogP contribution in [-0.4, -0.2) is 55.5 Å². The average Bonchev–Trinajstić information content (AvgIpc) is 3.21. The molecule has 2 unspecified atom stereocenters. The minimum Gasteiger partial charge on any atom is -0.378 e. The highest BCUT2D eigenvalue weighted by atomic mass is 16.5. The van der Waals surface area contributed by atoms with E-state index in [1.165, 1.54) is 0 Å². The number of nitrogens with one attached hydrogen (secondary N) is 1. The molecule has 2 heterocycles. The van der Waals surface area contributed by atoms with E-state index in [1.807, 2.05) is 30.1 Å². The molecular formula is C23H32N4O3. The van der Waals surface area contributed by atoms with Crippen molar-refractivity contribution in [2.75, 3.05) is 38.3 Å². The lowest BCUT2D eigenvalue weighted by atomic mass is 9.57. The highest BCUT2D eigenvalue weighted by molar-refractivity contribution is 5.75. The highest BCUT2D eigenvalue weighted by Crippen LogP contribution is 2.47. The molecule has 1 aromatic heterocycles. The van der Waals surface area contributed by atoms with E-state index < -0.39 is 0 Å². The standard InChI is InChI=1S/C23H32N4O3/c1-23(2)17(14-21(23)24-22(28)27-9-11-29-12-10-27)13-18-15-20(30-25-18)16-26(3)19-7-5-4-6-8-19/h4-8,15,17,21H,9-14,16H2,1-3H3,(H,24,28). The number of ether oxygens (including phenoxy) is 1. The molecule has 1 aliphatic carbocycles. The summed E-state index contributed by atoms with van der Waals surface area (Å²) in [5.74, 6) is 1.34. The Hall–Kier alpha value is -2.54. The molecule has 0 bridgehead atoms. The van der Waals surface area contributed by atoms with Gasteiger partial charge < -0.3 is 24.4 Å². The first-order valence-corrected chi connectivity index (χ1v) is 10.8. The van der Waals surface area contributed by atoms with Crippen molar-refractivity contribution in [3.63, 3.8) is 0 Å². The minimum absolute atomic E-state index is 0.0297. The van der Waals surface area contributed by atoms with Crippen LogP contribution >= 0.6 is 0 Å². The van der Waals surface area contributed by atoms with Gasteiger partial charge in [-0.1, -0.05) is 37.2 Å². The number of carbonyl (C=O) groups is 1. The summed E-state index contributed by atoms with van der Waals surface area (Å²) < 4.78 is 10.9. The second-order valence-corrected chi connectivity index (χ2v) is 9.04. The summed E-state index contributed by atoms with van der Waals surface area (Å²) in [5, 5.41) is 7.52. The number of aromatic nitrogens is 1. The Morgan fingerprint density at radius 2 is 2.00 bits per heavy atom. The third-order valence-corrected chi connectivity index (χ3v) is 6.72. The van der Waals surface area contributed by atoms with E-state index in [9.17, 15) is 4.79 Å². The molecule has 2 atom stereocenters. The van der Waals surface area contributed by atoms with Crippen molar-refractivity contribution in [1.29, 1.82) is 0 Å². The van der Waals surface area contributed by atoms with Crippen LogP contribution in [0, 0.1) is 11.3 Å². The highest BCUT2D eigenvalue weighted by Gasteiger charge is 2.49. The number of amides is 2. The molecule has 7 heteroatoms. The lowest BCUT2D eigenvalue weighted by Crippen LogP contribution is -2.61. The van der Waals surface area contributed by atoms with Gasteiger partial charge in [0.25, 0.3) is 0 Å². The van der Waals surface area contributed by atoms with Crippen LogP contribution in [-0.2, 0) is 17.7 Å². The van der Waals surface area contributed by atoms with E-state index in [4.69, 9.17) is 9.26 Å². The number of hydrogen-bond acceptors (Lipinski definition) is 5. The number of morpholine rings is 1. The zero-order valence-corrected chi connectivity index (χ0v) is 18.1. The summed E-state index contributed by atoms with van der Waals surface area (Å²) in [6, 6.07) is 12.5. The van der Waals surface area contributed by atoms with E-state index >= 15 is 0 Å². The van der Waals surface area contributed by atoms with Crippen molar-refractivity contribution >= 4 is 11.7 Å². The summed E-state index contributed by atoms with van der Waals surface area (Å²) in [5.41, 5.74) is 2.17. The fraction of sp³-hybridized carbons (Fsp3) is 0.565. The van der Waals surface area contributed by atoms with Gasteiger partial charge in [0.2, 0.25) is 0 Å². The van der Waals surface area contributed by atoms with Gasteiger partial charge in [-0.05, 0) is 36.3 Å². The third kappa shape index (κ3) is 4.46. The van der Waals surface area contributed by atoms with Crippen LogP contribution in [0.1, 0.15) is 31.7 Å². The molecule has 1 saturated heterocycles. The number of hydrogen-bond donors (Lipinski definition) is 1. The van der Waals surface area contributed by atoms with E-state index in [-0.39, 0.29) is 17.5 Å². The molecule has 2 aliphatic rings. The molecule has 4 rings (SSSR count). The molecule has 2 aromatic rings. The largest absolute Gasteiger partial charge is 0.378 e. The maximum absolute atomic E-state index is 12.5. The van der Waals surface area contributed by atoms with Crippen LogP contribution in [0.4, 0.5) is 10.5 Å². The average molecular weight is 413 g/mol. The van der Waals surface area contributed by atoms with Crippen molar-refractivity contribution in [2.24, 2.45) is 11.3 Å². The topological polar surface area (TPSA) is 70.8 Å². The van der Waals surface area contributed by atoms with Crippen LogP contribution in [0.15, 0.2) is 40.9 Å². The summed E-state index contributed by atoms with van der Waals surface area (Å²) in [4.78, 5) is 16.5. The molecule has 2 amide bonds. The molecule has 7 nitrogen and oxygen atoms in total. The smallest absolute Gasteiger partial charge is 0.317 e. The van der Waals surface area contributed by atoms with Crippen molar-refractivity contribution in [1.82, 2.24) is 15.4 Å². The van der Waals surface area contributed by atoms with Crippen LogP contribution < -0.4 is 10.2 Å². The Bertz CT molecular complexity index is 845. The monoisotopic (exact) mass is 412 g/mol. The predicted octanol–water partition coefficient (Wildman–Crippen LogP) is 3.31. The number of rotatable bonds is 6. The molecular weight excluding hydrogens is 380 g/mol. The number of urea groups is 1. The van der Waals surface area contributed by atoms with E-state index in [0.29, 0.717) is 38.8 Å². The first-order valence-electron chi connectivity index (χ1n) is 10.8. The zero-order valence-electron chi connectivity index (χ0n) is 18.1. The van der Waals surface area contributed by atoms with E-state index in [0.717, 1.165) is 30.0 Å². The van der Waals surface area contributed by atoms with Gasteiger partial charge in [0.15, 0.2) is 5.76 Å². The SMILES string of the molecule is CN(Cc1cc(CC2CC(NC(=O)N3CCOCC3)C2(C)C)no1)c1ccccc1. The summed E-state index contributed by atoms with van der Waals surface area (Å²) >= 11 is 0. The van der Waals surface area contributed by atoms with Gasteiger partial charge in [-0.15, -0.1) is 0 Å². The Morgan fingerprint density at radius 3 is 2.70 bits per heavy atom. The number of nitrogens with zero attached hydrogens (tertiary/aromatic N) is 3. The van der Waals surface area contributed by atoms with Gasteiger partial charge >= 0.3 is 6.03 Å². The molecule has 0 radical (unpaired) electrons. The predicted molar refractivity (Wildman–Crippen MR) is 115 cm³/mol. The normalized spacial score (nSPS) is 23.0. The van der Waals surface area contributed by atoms with Crippen molar-refractivity contribution in [3.8, 4) is 0 Å². The van der Waals surface area contributed by atoms with Gasteiger partial charge in [-0.2, -0.15) is 0 Å². The minimum atomic E-state index is 0.0297. The summed E-state index contributed by atoms with van der Waals surface area (Å²) in [7, 11) is 2.05. The van der Waals surface area contributed by atoms with Gasteiger partial charge in [0.1, 0.15) is 0 Å². The maximum Gasteiger partial charge on any atom is 0.317 e. The van der Waals surface area contributed by atoms with Crippen LogP contribution in [0.5, 0.6) is 0 Å². The van der Waals surface area contributed by atoms with Crippen LogP contribution in [0.3, 0.4) is 0 Å². The first-order chi connectivity index (χ1) is 14.4. The molecule has 162 valence electrons. The number of anilines is 1. The Morgan fingerprint density at radius 1 is 1.27 bits per heavy atom. The zero-order chi connectivity index (χ0) is 21.1. The lowest BCUT2D eigenvalue weighted by Gasteiger charge is -2.52. The summed E-state index contributed by atoms with van der Waals surface area (Å²) in [6.07, 6.45) is 1.84. The molecule has 2 fully saturated rings. The lowest BCUT2D eigenvalue weighted by molar-refractivity contribution is 0.0101. The Balaban J connectivity index is 1.28. The first kappa shape index (κ1) is 20.7. The van der Waals surface area contributed by atoms with Gasteiger partial charge in [-0.25, -0.2) is 4.79 Å². The third-order valence-electron chi connectivity index (χ3n) is 6.72. The second kappa shape index (κ2) is 8.68. The molecule has 1 N–H and O–H groups in total. The van der Waals surface area contributed by atoms with E-state index in [1.54, 1.807) is 0 Å². The molecule has 1 saturated carbocycles.